The Bertz CT molecular complexity index is 1080. The largest absolute Gasteiger partial charge is 0.347 e. The van der Waals surface area contributed by atoms with Gasteiger partial charge in [-0.05, 0) is 70.6 Å². The van der Waals surface area contributed by atoms with Gasteiger partial charge in [-0.25, -0.2) is 4.79 Å². The minimum Gasteiger partial charge on any atom is -0.321 e. The lowest BCUT2D eigenvalue weighted by Crippen LogP contribution is -2.26. The van der Waals surface area contributed by atoms with Crippen molar-refractivity contribution in [2.75, 3.05) is 10.2 Å². The summed E-state index contributed by atoms with van der Waals surface area (Å²) in [7, 11) is 0. The molecule has 1 heterocycles. The number of anilines is 2. The molecule has 0 aromatic heterocycles. The van der Waals surface area contributed by atoms with Gasteiger partial charge >= 0.3 is 6.03 Å². The Labute approximate surface area is 186 Å². The minimum atomic E-state index is -0.472. The maximum atomic E-state index is 12.6. The van der Waals surface area contributed by atoms with E-state index in [9.17, 15) is 4.79 Å². The number of fused-ring (bicyclic) bond motifs is 1. The smallest absolute Gasteiger partial charge is 0.321 e. The Balaban J connectivity index is 1.67. The summed E-state index contributed by atoms with van der Waals surface area (Å²) in [6.45, 7) is 0.662. The van der Waals surface area contributed by atoms with Crippen LogP contribution in [-0.4, -0.2) is 11.9 Å². The quantitative estimate of drug-likeness (QED) is 0.386. The zero-order valence-electron chi connectivity index (χ0n) is 14.5. The van der Waals surface area contributed by atoms with Gasteiger partial charge in [0.25, 0.3) is 0 Å². The van der Waals surface area contributed by atoms with Crippen LogP contribution in [-0.2, 0) is 6.54 Å². The molecule has 0 unspecified atom stereocenters. The molecule has 1 N–H and O–H groups in total. The zero-order valence-corrected chi connectivity index (χ0v) is 18.2. The van der Waals surface area contributed by atoms with E-state index in [2.05, 4.69) is 39.0 Å². The Morgan fingerprint density at radius 2 is 1.75 bits per heavy atom. The fourth-order valence-corrected chi connectivity index (χ4v) is 3.70. The van der Waals surface area contributed by atoms with Gasteiger partial charge in [0.2, 0.25) is 0 Å². The lowest BCUT2D eigenvalue weighted by molar-refractivity contribution is 0.259. The summed E-state index contributed by atoms with van der Waals surface area (Å²) in [6, 6.07) is 20.5. The van der Waals surface area contributed by atoms with Crippen LogP contribution in [0.15, 0.2) is 71.7 Å². The summed E-state index contributed by atoms with van der Waals surface area (Å²) in [6.07, 6.45) is 0. The molecule has 1 aliphatic rings. The minimum absolute atomic E-state index is 0.374. The number of halogens is 3. The van der Waals surface area contributed by atoms with Crippen molar-refractivity contribution < 1.29 is 4.79 Å². The number of benzene rings is 3. The Morgan fingerprint density at radius 3 is 2.50 bits per heavy atom. The summed E-state index contributed by atoms with van der Waals surface area (Å²) in [4.78, 5) is 19.0. The van der Waals surface area contributed by atoms with Gasteiger partial charge in [0, 0.05) is 20.5 Å². The lowest BCUT2D eigenvalue weighted by Gasteiger charge is -2.19. The molecule has 0 spiro atoms. The predicted octanol–water partition coefficient (Wildman–Crippen LogP) is 6.60. The molecule has 0 radical (unpaired) electrons. The molecule has 4 rings (SSSR count). The summed E-state index contributed by atoms with van der Waals surface area (Å²) in [5, 5.41) is 3.56. The van der Waals surface area contributed by atoms with Gasteiger partial charge in [0.05, 0.1) is 16.6 Å². The van der Waals surface area contributed by atoms with Gasteiger partial charge < -0.3 is 10.2 Å². The van der Waals surface area contributed by atoms with Crippen molar-refractivity contribution in [3.8, 4) is 0 Å². The van der Waals surface area contributed by atoms with E-state index in [0.29, 0.717) is 28.1 Å². The highest BCUT2D eigenvalue weighted by atomic mass is 127. The molecule has 0 fully saturated rings. The number of rotatable bonds is 2. The summed E-state index contributed by atoms with van der Waals surface area (Å²) in [5.41, 5.74) is 3.60. The standard InChI is InChI=1S/C21H14Cl2IN3O/c22-18-10-7-15(11-19(18)23)25-21(28)26-20-17-4-2-1-3-13(17)12-27(20)16-8-5-14(24)6-9-16/h1-11H,12H2,(H,25,28). The number of aliphatic imine (C=N–C) groups is 1. The third kappa shape index (κ3) is 4.01. The van der Waals surface area contributed by atoms with E-state index in [1.54, 1.807) is 18.2 Å². The van der Waals surface area contributed by atoms with Gasteiger partial charge in [-0.2, -0.15) is 4.99 Å². The number of hydrogen-bond acceptors (Lipinski definition) is 1. The van der Waals surface area contributed by atoms with Crippen molar-refractivity contribution in [2.24, 2.45) is 4.99 Å². The van der Waals surface area contributed by atoms with E-state index < -0.39 is 6.03 Å². The number of nitrogens with one attached hydrogen (secondary N) is 1. The van der Waals surface area contributed by atoms with E-state index in [-0.39, 0.29) is 0 Å². The normalized spacial score (nSPS) is 14.2. The second-order valence-corrected chi connectivity index (χ2v) is 8.27. The monoisotopic (exact) mass is 521 g/mol. The number of hydrogen-bond donors (Lipinski definition) is 1. The number of carbonyl (C=O) groups is 1. The van der Waals surface area contributed by atoms with Crippen LogP contribution in [0.5, 0.6) is 0 Å². The van der Waals surface area contributed by atoms with Crippen LogP contribution in [0.2, 0.25) is 10.0 Å². The zero-order chi connectivity index (χ0) is 19.7. The highest BCUT2D eigenvalue weighted by Gasteiger charge is 2.27. The molecule has 3 aromatic carbocycles. The van der Waals surface area contributed by atoms with Gasteiger partial charge in [0.1, 0.15) is 5.84 Å². The van der Waals surface area contributed by atoms with Crippen LogP contribution in [0.3, 0.4) is 0 Å². The van der Waals surface area contributed by atoms with Crippen LogP contribution >= 0.6 is 45.8 Å². The van der Waals surface area contributed by atoms with Crippen molar-refractivity contribution in [1.29, 1.82) is 0 Å². The van der Waals surface area contributed by atoms with Crippen molar-refractivity contribution in [2.45, 2.75) is 6.54 Å². The molecule has 28 heavy (non-hydrogen) atoms. The summed E-state index contributed by atoms with van der Waals surface area (Å²) < 4.78 is 1.15. The van der Waals surface area contributed by atoms with E-state index in [1.807, 2.05) is 47.4 Å². The van der Waals surface area contributed by atoms with Crippen molar-refractivity contribution >= 4 is 69.0 Å². The van der Waals surface area contributed by atoms with Gasteiger partial charge in [-0.15, -0.1) is 0 Å². The van der Waals surface area contributed by atoms with Gasteiger partial charge in [-0.1, -0.05) is 47.5 Å². The first-order valence-corrected chi connectivity index (χ1v) is 10.3. The molecule has 0 aliphatic carbocycles. The number of urea groups is 1. The first-order chi connectivity index (χ1) is 13.5. The van der Waals surface area contributed by atoms with Gasteiger partial charge in [0.15, 0.2) is 0 Å². The molecule has 4 nitrogen and oxygen atoms in total. The fourth-order valence-electron chi connectivity index (χ4n) is 3.04. The molecular weight excluding hydrogens is 508 g/mol. The molecule has 7 heteroatoms. The highest BCUT2D eigenvalue weighted by Crippen LogP contribution is 2.30. The Hall–Kier alpha value is -2.09. The van der Waals surface area contributed by atoms with Crippen LogP contribution in [0, 0.1) is 3.57 Å². The van der Waals surface area contributed by atoms with Crippen molar-refractivity contribution in [3.63, 3.8) is 0 Å². The molecule has 3 aromatic rings. The predicted molar refractivity (Wildman–Crippen MR) is 124 cm³/mol. The fraction of sp³-hybridized carbons (Fsp3) is 0.0476. The number of carbonyl (C=O) groups excluding carboxylic acids is 1. The van der Waals surface area contributed by atoms with Crippen molar-refractivity contribution in [3.05, 3.63) is 91.5 Å². The second-order valence-electron chi connectivity index (χ2n) is 6.21. The SMILES string of the molecule is O=C(N=C1c2ccccc2CN1c1ccc(I)cc1)Nc1ccc(Cl)c(Cl)c1. The third-order valence-electron chi connectivity index (χ3n) is 4.36. The highest BCUT2D eigenvalue weighted by molar-refractivity contribution is 14.1. The average molecular weight is 522 g/mol. The molecule has 0 atom stereocenters. The summed E-state index contributed by atoms with van der Waals surface area (Å²) >= 11 is 14.2. The van der Waals surface area contributed by atoms with Crippen molar-refractivity contribution in [1.82, 2.24) is 0 Å². The molecule has 0 saturated heterocycles. The second kappa shape index (κ2) is 8.11. The van der Waals surface area contributed by atoms with E-state index in [4.69, 9.17) is 23.2 Å². The van der Waals surface area contributed by atoms with Crippen LogP contribution < -0.4 is 10.2 Å². The molecule has 1 aliphatic heterocycles. The van der Waals surface area contributed by atoms with Crippen LogP contribution in [0.4, 0.5) is 16.2 Å². The lowest BCUT2D eigenvalue weighted by atomic mass is 10.1. The first kappa shape index (κ1) is 19.2. The first-order valence-electron chi connectivity index (χ1n) is 8.47. The summed E-state index contributed by atoms with van der Waals surface area (Å²) in [5.74, 6) is 0.620. The molecule has 0 saturated carbocycles. The Kier molecular flexibility index (Phi) is 5.57. The maximum absolute atomic E-state index is 12.6. The van der Waals surface area contributed by atoms with E-state index >= 15 is 0 Å². The van der Waals surface area contributed by atoms with Gasteiger partial charge in [-0.3, -0.25) is 0 Å². The number of amides is 2. The maximum Gasteiger partial charge on any atom is 0.347 e. The Morgan fingerprint density at radius 1 is 1.00 bits per heavy atom. The van der Waals surface area contributed by atoms with Crippen LogP contribution in [0.25, 0.3) is 0 Å². The molecule has 140 valence electrons. The third-order valence-corrected chi connectivity index (χ3v) is 5.82. The molecule has 0 bridgehead atoms. The number of amidine groups is 1. The average Bonchev–Trinajstić information content (AvgIpc) is 3.04. The van der Waals surface area contributed by atoms with Crippen LogP contribution in [0.1, 0.15) is 11.1 Å². The van der Waals surface area contributed by atoms with E-state index in [1.165, 1.54) is 0 Å². The number of nitrogens with zero attached hydrogens (tertiary/aromatic N) is 2. The molecule has 2 amide bonds. The molecular formula is C21H14Cl2IN3O. The van der Waals surface area contributed by atoms with E-state index in [0.717, 1.165) is 20.4 Å². The topological polar surface area (TPSA) is 44.7 Å².